The van der Waals surface area contributed by atoms with E-state index in [4.69, 9.17) is 25.8 Å². The Morgan fingerprint density at radius 2 is 1.78 bits per heavy atom. The van der Waals surface area contributed by atoms with Crippen LogP contribution in [0.15, 0.2) is 6.07 Å². The second kappa shape index (κ2) is 4.86. The van der Waals surface area contributed by atoms with Crippen molar-refractivity contribution >= 4 is 11.6 Å². The van der Waals surface area contributed by atoms with Gasteiger partial charge in [0.1, 0.15) is 10.8 Å². The van der Waals surface area contributed by atoms with Gasteiger partial charge in [-0.15, -0.1) is 0 Å². The zero-order valence-electron chi connectivity index (χ0n) is 10.7. The fourth-order valence-corrected chi connectivity index (χ4v) is 2.38. The summed E-state index contributed by atoms with van der Waals surface area (Å²) in [4.78, 5) is 0. The Morgan fingerprint density at radius 3 is 2.22 bits per heavy atom. The zero-order chi connectivity index (χ0) is 13.3. The predicted octanol–water partition coefficient (Wildman–Crippen LogP) is 2.43. The molecule has 18 heavy (non-hydrogen) atoms. The van der Waals surface area contributed by atoms with Crippen LogP contribution in [0.4, 0.5) is 0 Å². The fourth-order valence-electron chi connectivity index (χ4n) is 2.01. The third-order valence-electron chi connectivity index (χ3n) is 3.19. The smallest absolute Gasteiger partial charge is 0.183 e. The van der Waals surface area contributed by atoms with Crippen LogP contribution in [0.3, 0.4) is 0 Å². The highest BCUT2D eigenvalue weighted by Gasteiger charge is 2.41. The molecule has 2 rings (SSSR count). The normalized spacial score (nSPS) is 16.3. The van der Waals surface area contributed by atoms with E-state index < -0.39 is 5.60 Å². The third-order valence-corrected chi connectivity index (χ3v) is 3.54. The van der Waals surface area contributed by atoms with Crippen LogP contribution in [0.25, 0.3) is 0 Å². The summed E-state index contributed by atoms with van der Waals surface area (Å²) in [6, 6.07) is 1.81. The van der Waals surface area contributed by atoms with Crippen LogP contribution in [-0.2, 0) is 6.42 Å². The molecule has 1 aliphatic rings. The lowest BCUT2D eigenvalue weighted by Crippen LogP contribution is -2.12. The Bertz CT molecular complexity index is 455. The highest BCUT2D eigenvalue weighted by Crippen LogP contribution is 2.47. The van der Waals surface area contributed by atoms with Gasteiger partial charge in [0.15, 0.2) is 11.5 Å². The van der Waals surface area contributed by atoms with E-state index in [9.17, 15) is 5.11 Å². The van der Waals surface area contributed by atoms with Gasteiger partial charge in [0, 0.05) is 12.0 Å². The van der Waals surface area contributed by atoms with Gasteiger partial charge in [-0.2, -0.15) is 0 Å². The number of aliphatic hydroxyl groups is 1. The molecule has 0 bridgehead atoms. The van der Waals surface area contributed by atoms with Crippen molar-refractivity contribution in [2.75, 3.05) is 21.3 Å². The molecule has 0 saturated heterocycles. The maximum atomic E-state index is 10.0. The number of hydrogen-bond donors (Lipinski definition) is 1. The quantitative estimate of drug-likeness (QED) is 0.894. The molecule has 1 aromatic carbocycles. The molecule has 5 heteroatoms. The van der Waals surface area contributed by atoms with Crippen LogP contribution in [0.1, 0.15) is 18.4 Å². The lowest BCUT2D eigenvalue weighted by molar-refractivity contribution is 0.150. The highest BCUT2D eigenvalue weighted by molar-refractivity contribution is 6.34. The van der Waals surface area contributed by atoms with Gasteiger partial charge in [-0.05, 0) is 18.9 Å². The predicted molar refractivity (Wildman–Crippen MR) is 69.0 cm³/mol. The van der Waals surface area contributed by atoms with Crippen LogP contribution >= 0.6 is 11.6 Å². The minimum absolute atomic E-state index is 0.374. The summed E-state index contributed by atoms with van der Waals surface area (Å²) in [5.74, 6) is 1.53. The Labute approximate surface area is 111 Å². The third kappa shape index (κ3) is 2.35. The fraction of sp³-hybridized carbons (Fsp3) is 0.538. The van der Waals surface area contributed by atoms with Gasteiger partial charge >= 0.3 is 0 Å². The van der Waals surface area contributed by atoms with E-state index in [1.165, 1.54) is 7.11 Å². The first kappa shape index (κ1) is 13.3. The molecule has 0 unspecified atom stereocenters. The van der Waals surface area contributed by atoms with Crippen molar-refractivity contribution in [3.8, 4) is 17.2 Å². The molecule has 0 spiro atoms. The van der Waals surface area contributed by atoms with Gasteiger partial charge in [-0.3, -0.25) is 0 Å². The molecule has 100 valence electrons. The number of ether oxygens (including phenoxy) is 3. The van der Waals surface area contributed by atoms with Crippen molar-refractivity contribution in [2.24, 2.45) is 0 Å². The first-order valence-electron chi connectivity index (χ1n) is 5.74. The van der Waals surface area contributed by atoms with Crippen molar-refractivity contribution in [1.29, 1.82) is 0 Å². The van der Waals surface area contributed by atoms with Crippen LogP contribution < -0.4 is 14.2 Å². The van der Waals surface area contributed by atoms with Gasteiger partial charge in [0.2, 0.25) is 0 Å². The van der Waals surface area contributed by atoms with E-state index in [1.807, 2.05) is 0 Å². The van der Waals surface area contributed by atoms with E-state index in [2.05, 4.69) is 0 Å². The summed E-state index contributed by atoms with van der Waals surface area (Å²) in [6.45, 7) is 0. The van der Waals surface area contributed by atoms with E-state index in [0.29, 0.717) is 28.7 Å². The maximum absolute atomic E-state index is 10.0. The molecule has 1 saturated carbocycles. The minimum Gasteiger partial charge on any atom is -0.495 e. The molecule has 1 fully saturated rings. The Morgan fingerprint density at radius 1 is 1.17 bits per heavy atom. The van der Waals surface area contributed by atoms with Gasteiger partial charge in [-0.1, -0.05) is 11.6 Å². The van der Waals surface area contributed by atoms with Gasteiger partial charge in [0.25, 0.3) is 0 Å². The number of rotatable bonds is 5. The summed E-state index contributed by atoms with van der Waals surface area (Å²) in [7, 11) is 4.63. The Hall–Kier alpha value is -1.13. The second-order valence-corrected chi connectivity index (χ2v) is 4.90. The largest absolute Gasteiger partial charge is 0.495 e. The number of methoxy groups -OCH3 is 3. The van der Waals surface area contributed by atoms with E-state index in [0.717, 1.165) is 18.4 Å². The highest BCUT2D eigenvalue weighted by atomic mass is 35.5. The molecule has 1 N–H and O–H groups in total. The average molecular weight is 273 g/mol. The Balaban J connectivity index is 2.47. The summed E-state index contributed by atoms with van der Waals surface area (Å²) >= 11 is 6.24. The SMILES string of the molecule is COc1cc(CC2(O)CC2)c(OC)c(Cl)c1OC. The maximum Gasteiger partial charge on any atom is 0.183 e. The number of halogens is 1. The molecule has 4 nitrogen and oxygen atoms in total. The average Bonchev–Trinajstić information content (AvgIpc) is 3.06. The lowest BCUT2D eigenvalue weighted by Gasteiger charge is -2.18. The molecule has 1 aliphatic carbocycles. The van der Waals surface area contributed by atoms with Crippen molar-refractivity contribution in [3.63, 3.8) is 0 Å². The zero-order valence-corrected chi connectivity index (χ0v) is 11.5. The van der Waals surface area contributed by atoms with Crippen LogP contribution in [0, 0.1) is 0 Å². The van der Waals surface area contributed by atoms with Crippen LogP contribution in [0.2, 0.25) is 5.02 Å². The lowest BCUT2D eigenvalue weighted by atomic mass is 10.0. The first-order valence-corrected chi connectivity index (χ1v) is 6.12. The topological polar surface area (TPSA) is 47.9 Å². The van der Waals surface area contributed by atoms with Crippen LogP contribution in [-0.4, -0.2) is 32.0 Å². The Kier molecular flexibility index (Phi) is 3.59. The van der Waals surface area contributed by atoms with E-state index >= 15 is 0 Å². The van der Waals surface area contributed by atoms with Crippen molar-refractivity contribution in [1.82, 2.24) is 0 Å². The van der Waals surface area contributed by atoms with E-state index in [1.54, 1.807) is 20.3 Å². The minimum atomic E-state index is -0.615. The number of benzene rings is 1. The van der Waals surface area contributed by atoms with Crippen molar-refractivity contribution < 1.29 is 19.3 Å². The second-order valence-electron chi connectivity index (χ2n) is 4.52. The molecular weight excluding hydrogens is 256 g/mol. The van der Waals surface area contributed by atoms with E-state index in [-0.39, 0.29) is 0 Å². The van der Waals surface area contributed by atoms with Crippen LogP contribution in [0.5, 0.6) is 17.2 Å². The molecule has 1 aromatic rings. The monoisotopic (exact) mass is 272 g/mol. The summed E-state index contributed by atoms with van der Waals surface area (Å²) in [6.07, 6.45) is 2.13. The standard InChI is InChI=1S/C13H17ClO4/c1-16-9-6-8(7-13(15)4-5-13)11(17-2)10(14)12(9)18-3/h6,15H,4-5,7H2,1-3H3. The molecule has 0 aliphatic heterocycles. The summed E-state index contributed by atoms with van der Waals surface area (Å²) in [5.41, 5.74) is 0.219. The van der Waals surface area contributed by atoms with Gasteiger partial charge < -0.3 is 19.3 Å². The van der Waals surface area contributed by atoms with Gasteiger partial charge in [-0.25, -0.2) is 0 Å². The first-order chi connectivity index (χ1) is 8.54. The molecule has 0 heterocycles. The number of hydrogen-bond acceptors (Lipinski definition) is 4. The van der Waals surface area contributed by atoms with Crippen molar-refractivity contribution in [3.05, 3.63) is 16.7 Å². The molecule has 0 atom stereocenters. The van der Waals surface area contributed by atoms with Crippen molar-refractivity contribution in [2.45, 2.75) is 24.9 Å². The van der Waals surface area contributed by atoms with Gasteiger partial charge in [0.05, 0.1) is 26.9 Å². The molecule has 0 aromatic heterocycles. The molecular formula is C13H17ClO4. The summed E-state index contributed by atoms with van der Waals surface area (Å²) < 4.78 is 15.8. The molecule has 0 radical (unpaired) electrons. The molecule has 0 amide bonds. The summed E-state index contributed by atoms with van der Waals surface area (Å²) in [5, 5.41) is 10.4.